The monoisotopic (exact) mass is 350 g/mol. The average Bonchev–Trinajstić information content (AvgIpc) is 3.42. The lowest BCUT2D eigenvalue weighted by Crippen LogP contribution is -2.34. The third kappa shape index (κ3) is 3.01. The normalized spacial score (nSPS) is 34.6. The van der Waals surface area contributed by atoms with Crippen LogP contribution in [0.4, 0.5) is 20.2 Å². The van der Waals surface area contributed by atoms with Gasteiger partial charge in [0.15, 0.2) is 6.23 Å². The summed E-state index contributed by atoms with van der Waals surface area (Å²) in [6.45, 7) is 2.21. The van der Waals surface area contributed by atoms with Crippen molar-refractivity contribution >= 4 is 17.1 Å². The maximum Gasteiger partial charge on any atom is 0.260 e. The number of nitrogens with zero attached hydrogens (tertiary/aromatic N) is 1. The second-order valence-electron chi connectivity index (χ2n) is 7.63. The molecule has 4 unspecified atom stereocenters. The molecule has 2 fully saturated rings. The molecule has 1 aromatic carbocycles. The zero-order chi connectivity index (χ0) is 17.8. The molecule has 0 radical (unpaired) electrons. The van der Waals surface area contributed by atoms with Crippen LogP contribution in [0.1, 0.15) is 32.6 Å². The van der Waals surface area contributed by atoms with Gasteiger partial charge in [-0.3, -0.25) is 4.99 Å². The number of benzene rings is 1. The second-order valence-corrected chi connectivity index (χ2v) is 7.63. The van der Waals surface area contributed by atoms with Crippen LogP contribution in [0.3, 0.4) is 0 Å². The number of methoxy groups -OCH3 is 1. The van der Waals surface area contributed by atoms with Crippen LogP contribution in [0, 0.1) is 23.7 Å². The van der Waals surface area contributed by atoms with Gasteiger partial charge in [-0.05, 0) is 36.8 Å². The van der Waals surface area contributed by atoms with E-state index in [4.69, 9.17) is 4.74 Å². The lowest BCUT2D eigenvalue weighted by atomic mass is 10.0. The molecule has 1 aliphatic heterocycles. The van der Waals surface area contributed by atoms with E-state index in [1.165, 1.54) is 6.42 Å². The first-order valence-electron chi connectivity index (χ1n) is 9.00. The number of aliphatic hydroxyl groups excluding tert-OH is 1. The Kier molecular flexibility index (Phi) is 3.98. The third-order valence-corrected chi connectivity index (χ3v) is 5.91. The number of ether oxygens (including phenoxy) is 1. The quantitative estimate of drug-likeness (QED) is 0.808. The van der Waals surface area contributed by atoms with Crippen molar-refractivity contribution in [1.29, 1.82) is 0 Å². The minimum atomic E-state index is -2.76. The zero-order valence-electron chi connectivity index (χ0n) is 14.5. The van der Waals surface area contributed by atoms with Gasteiger partial charge in [-0.15, -0.1) is 0 Å². The number of aliphatic hydroxyl groups is 1. The average molecular weight is 350 g/mol. The van der Waals surface area contributed by atoms with Crippen molar-refractivity contribution in [2.24, 2.45) is 28.7 Å². The van der Waals surface area contributed by atoms with Gasteiger partial charge in [-0.2, -0.15) is 0 Å². The molecule has 4 nitrogen and oxygen atoms in total. The number of hydrogen-bond donors (Lipinski definition) is 2. The maximum absolute atomic E-state index is 14.3. The minimum Gasteiger partial charge on any atom is -0.497 e. The summed E-state index contributed by atoms with van der Waals surface area (Å²) < 4.78 is 33.7. The molecule has 4 rings (SSSR count). The van der Waals surface area contributed by atoms with E-state index in [2.05, 4.69) is 17.2 Å². The van der Waals surface area contributed by atoms with Crippen molar-refractivity contribution in [2.75, 3.05) is 12.4 Å². The lowest BCUT2D eigenvalue weighted by molar-refractivity contribution is 0.0885. The van der Waals surface area contributed by atoms with Crippen molar-refractivity contribution in [1.82, 2.24) is 0 Å². The molecule has 0 saturated heterocycles. The van der Waals surface area contributed by atoms with Crippen molar-refractivity contribution in [3.05, 3.63) is 18.2 Å². The first-order valence-corrected chi connectivity index (χ1v) is 9.00. The van der Waals surface area contributed by atoms with Crippen LogP contribution in [0.5, 0.6) is 5.75 Å². The number of nitrogens with one attached hydrogen (secondary N) is 1. The van der Waals surface area contributed by atoms with Crippen LogP contribution in [-0.4, -0.2) is 30.1 Å². The van der Waals surface area contributed by atoms with E-state index >= 15 is 0 Å². The molecule has 0 amide bonds. The van der Waals surface area contributed by atoms with Gasteiger partial charge in [0.1, 0.15) is 5.75 Å². The Bertz CT molecular complexity index is 707. The Balaban J connectivity index is 1.47. The Morgan fingerprint density at radius 3 is 2.80 bits per heavy atom. The largest absolute Gasteiger partial charge is 0.497 e. The number of halogens is 2. The van der Waals surface area contributed by atoms with E-state index in [1.54, 1.807) is 25.3 Å². The molecule has 0 spiro atoms. The predicted octanol–water partition coefficient (Wildman–Crippen LogP) is 4.22. The van der Waals surface area contributed by atoms with Gasteiger partial charge < -0.3 is 15.2 Å². The molecule has 136 valence electrons. The lowest BCUT2D eigenvalue weighted by Gasteiger charge is -2.23. The molecular weight excluding hydrogens is 326 g/mol. The summed E-state index contributed by atoms with van der Waals surface area (Å²) in [4.78, 5) is 4.35. The second kappa shape index (κ2) is 5.94. The number of hydrogen-bond acceptors (Lipinski definition) is 4. The fourth-order valence-corrected chi connectivity index (χ4v) is 4.07. The van der Waals surface area contributed by atoms with Crippen LogP contribution < -0.4 is 10.1 Å². The van der Waals surface area contributed by atoms with Crippen molar-refractivity contribution in [2.45, 2.75) is 44.8 Å². The Labute approximate surface area is 146 Å². The summed E-state index contributed by atoms with van der Waals surface area (Å²) in [6.07, 6.45) is 2.43. The number of anilines is 1. The Hall–Kier alpha value is -1.69. The highest BCUT2D eigenvalue weighted by molar-refractivity contribution is 6.01. The standard InChI is InChI=1S/C19H24F2N2O2/c1-10-8-11(10)4-3-5-13-16(19(13,20)21)17-18(24)23-15-9-12(25-2)6-7-14(15)22-17/h6-7,9-11,13,16,18,23-24H,3-5,8H2,1-2H3/t10?,11-,13?,16?,18?/m1/s1. The van der Waals surface area contributed by atoms with Gasteiger partial charge in [0.25, 0.3) is 5.92 Å². The fraction of sp³-hybridized carbons (Fsp3) is 0.632. The predicted molar refractivity (Wildman–Crippen MR) is 92.8 cm³/mol. The maximum atomic E-state index is 14.3. The summed E-state index contributed by atoms with van der Waals surface area (Å²) in [5.41, 5.74) is 1.32. The van der Waals surface area contributed by atoms with Gasteiger partial charge in [0.05, 0.1) is 30.1 Å². The van der Waals surface area contributed by atoms with Crippen molar-refractivity contribution < 1.29 is 18.6 Å². The zero-order valence-corrected chi connectivity index (χ0v) is 14.5. The highest BCUT2D eigenvalue weighted by Gasteiger charge is 2.70. The molecule has 0 bridgehead atoms. The van der Waals surface area contributed by atoms with E-state index in [-0.39, 0.29) is 5.71 Å². The highest BCUT2D eigenvalue weighted by Crippen LogP contribution is 2.60. The molecule has 0 aromatic heterocycles. The minimum absolute atomic E-state index is 0.160. The van der Waals surface area contributed by atoms with Gasteiger partial charge in [-0.1, -0.05) is 19.8 Å². The molecule has 5 atom stereocenters. The topological polar surface area (TPSA) is 53.8 Å². The molecule has 2 N–H and O–H groups in total. The van der Waals surface area contributed by atoms with Crippen LogP contribution >= 0.6 is 0 Å². The Morgan fingerprint density at radius 2 is 2.12 bits per heavy atom. The summed E-state index contributed by atoms with van der Waals surface area (Å²) >= 11 is 0. The van der Waals surface area contributed by atoms with E-state index in [9.17, 15) is 13.9 Å². The van der Waals surface area contributed by atoms with Crippen LogP contribution in [0.15, 0.2) is 23.2 Å². The summed E-state index contributed by atoms with van der Waals surface area (Å²) in [5.74, 6) is -2.30. The van der Waals surface area contributed by atoms with E-state index in [0.29, 0.717) is 23.5 Å². The van der Waals surface area contributed by atoms with Crippen LogP contribution in [0.2, 0.25) is 0 Å². The van der Waals surface area contributed by atoms with E-state index in [1.807, 2.05) is 0 Å². The number of rotatable bonds is 6. The van der Waals surface area contributed by atoms with Crippen molar-refractivity contribution in [3.8, 4) is 5.75 Å². The summed E-state index contributed by atoms with van der Waals surface area (Å²) in [7, 11) is 1.55. The summed E-state index contributed by atoms with van der Waals surface area (Å²) in [6, 6.07) is 5.16. The molecule has 25 heavy (non-hydrogen) atoms. The SMILES string of the molecule is COc1ccc2c(c1)NC(O)C(C1C(CCC[C@@H]3CC3C)C1(F)F)=N2. The van der Waals surface area contributed by atoms with Crippen LogP contribution in [0.25, 0.3) is 0 Å². The van der Waals surface area contributed by atoms with Gasteiger partial charge >= 0.3 is 0 Å². The first kappa shape index (κ1) is 16.8. The molecular formula is C19H24F2N2O2. The molecule has 2 aliphatic carbocycles. The molecule has 1 aromatic rings. The van der Waals surface area contributed by atoms with Gasteiger partial charge in [0.2, 0.25) is 0 Å². The number of alkyl halides is 2. The van der Waals surface area contributed by atoms with Crippen LogP contribution in [-0.2, 0) is 0 Å². The first-order chi connectivity index (χ1) is 11.9. The fourth-order valence-electron chi connectivity index (χ4n) is 4.07. The summed E-state index contributed by atoms with van der Waals surface area (Å²) in [5, 5.41) is 13.1. The highest BCUT2D eigenvalue weighted by atomic mass is 19.3. The number of aliphatic imine (C=N–C) groups is 1. The molecule has 6 heteroatoms. The van der Waals surface area contributed by atoms with E-state index < -0.39 is 24.0 Å². The smallest absolute Gasteiger partial charge is 0.260 e. The van der Waals surface area contributed by atoms with E-state index in [0.717, 1.165) is 24.7 Å². The van der Waals surface area contributed by atoms with Crippen molar-refractivity contribution in [3.63, 3.8) is 0 Å². The van der Waals surface area contributed by atoms with Gasteiger partial charge in [0, 0.05) is 12.0 Å². The molecule has 1 heterocycles. The number of fused-ring (bicyclic) bond motifs is 1. The Morgan fingerprint density at radius 1 is 1.36 bits per heavy atom. The third-order valence-electron chi connectivity index (χ3n) is 5.91. The molecule has 3 aliphatic rings. The van der Waals surface area contributed by atoms with Gasteiger partial charge in [-0.25, -0.2) is 8.78 Å². The molecule has 2 saturated carbocycles.